The van der Waals surface area contributed by atoms with Crippen LogP contribution in [0, 0.1) is 0 Å². The first-order valence-electron chi connectivity index (χ1n) is 2.69. The fraction of sp³-hybridized carbons (Fsp3) is 0.600. The van der Waals surface area contributed by atoms with Gasteiger partial charge in [0.1, 0.15) is 0 Å². The van der Waals surface area contributed by atoms with Gasteiger partial charge in [0.25, 0.3) is 0 Å². The molecule has 1 N–H and O–H groups in total. The molecule has 0 aliphatic rings. The summed E-state index contributed by atoms with van der Waals surface area (Å²) in [6.45, 7) is -0.153. The molecule has 60 valence electrons. The van der Waals surface area contributed by atoms with Crippen LogP contribution in [0.4, 0.5) is 0 Å². The summed E-state index contributed by atoms with van der Waals surface area (Å²) in [7, 11) is -1.74. The zero-order valence-corrected chi connectivity index (χ0v) is 6.80. The molecule has 4 nitrogen and oxygen atoms in total. The van der Waals surface area contributed by atoms with Crippen molar-refractivity contribution in [3.05, 3.63) is 12.3 Å². The normalized spacial score (nSPS) is 12.3. The van der Waals surface area contributed by atoms with Crippen molar-refractivity contribution >= 4 is 10.0 Å². The van der Waals surface area contributed by atoms with Crippen LogP contribution in [0.3, 0.4) is 0 Å². The van der Waals surface area contributed by atoms with Gasteiger partial charge in [-0.05, 0) is 6.08 Å². The Morgan fingerprint density at radius 1 is 1.60 bits per heavy atom. The van der Waals surface area contributed by atoms with E-state index in [-0.39, 0.29) is 6.61 Å². The van der Waals surface area contributed by atoms with Crippen LogP contribution in [-0.4, -0.2) is 37.7 Å². The third-order valence-electron chi connectivity index (χ3n) is 0.944. The number of rotatable bonds is 3. The third-order valence-corrected chi connectivity index (χ3v) is 2.11. The Hall–Kier alpha value is -0.550. The Balaban J connectivity index is 4.12. The maximum atomic E-state index is 10.6. The smallest absolute Gasteiger partial charge is 0.231 e. The minimum absolute atomic E-state index is 0.153. The van der Waals surface area contributed by atoms with Crippen molar-refractivity contribution in [2.75, 3.05) is 19.9 Å². The first-order chi connectivity index (χ1) is 4.48. The Labute approximate surface area is 60.8 Å². The molecule has 5 heteroatoms. The summed E-state index contributed by atoms with van der Waals surface area (Å²) in [5, 5.41) is 8.27. The first kappa shape index (κ1) is 9.45. The zero-order valence-electron chi connectivity index (χ0n) is 5.98. The zero-order chi connectivity index (χ0) is 8.20. The third kappa shape index (κ3) is 3.47. The molecular formula is C5H11NO3S. The van der Waals surface area contributed by atoms with Crippen LogP contribution in [-0.2, 0) is 10.0 Å². The van der Waals surface area contributed by atoms with E-state index in [0.717, 1.165) is 10.6 Å². The highest BCUT2D eigenvalue weighted by Gasteiger charge is 2.03. The number of hydrogen-bond donors (Lipinski definition) is 1. The van der Waals surface area contributed by atoms with Crippen LogP contribution in [0.25, 0.3) is 0 Å². The topological polar surface area (TPSA) is 57.6 Å². The van der Waals surface area contributed by atoms with E-state index in [1.807, 2.05) is 0 Å². The van der Waals surface area contributed by atoms with Crippen molar-refractivity contribution in [2.45, 2.75) is 0 Å². The molecule has 0 spiro atoms. The van der Waals surface area contributed by atoms with Gasteiger partial charge in [0.05, 0.1) is 12.9 Å². The molecule has 0 saturated heterocycles. The minimum Gasteiger partial charge on any atom is -0.392 e. The van der Waals surface area contributed by atoms with E-state index in [1.165, 1.54) is 19.3 Å². The molecule has 0 fully saturated rings. The molecule has 0 aliphatic heterocycles. The summed E-state index contributed by atoms with van der Waals surface area (Å²) in [6, 6.07) is 0. The first-order valence-corrected chi connectivity index (χ1v) is 4.54. The van der Waals surface area contributed by atoms with Gasteiger partial charge in [-0.25, -0.2) is 8.42 Å². The summed E-state index contributed by atoms with van der Waals surface area (Å²) in [5.41, 5.74) is 0. The number of hydrogen-bond acceptors (Lipinski definition) is 3. The van der Waals surface area contributed by atoms with Crippen LogP contribution >= 0.6 is 0 Å². The summed E-state index contributed by atoms with van der Waals surface area (Å²) >= 11 is 0. The molecule has 0 aromatic heterocycles. The quantitative estimate of drug-likeness (QED) is 0.606. The second kappa shape index (κ2) is 3.58. The molecule has 0 amide bonds. The van der Waals surface area contributed by atoms with Crippen LogP contribution in [0.1, 0.15) is 0 Å². The van der Waals surface area contributed by atoms with Gasteiger partial charge in [-0.15, -0.1) is 0 Å². The van der Waals surface area contributed by atoms with Crippen molar-refractivity contribution < 1.29 is 13.5 Å². The maximum Gasteiger partial charge on any atom is 0.231 e. The molecule has 0 unspecified atom stereocenters. The lowest BCUT2D eigenvalue weighted by Crippen LogP contribution is -2.19. The molecule has 0 rings (SSSR count). The van der Waals surface area contributed by atoms with Crippen molar-refractivity contribution in [1.82, 2.24) is 4.31 Å². The summed E-state index contributed by atoms with van der Waals surface area (Å²) in [4.78, 5) is 0. The Morgan fingerprint density at radius 3 is 2.40 bits per heavy atom. The molecule has 0 atom stereocenters. The van der Waals surface area contributed by atoms with E-state index in [9.17, 15) is 8.42 Å². The molecule has 10 heavy (non-hydrogen) atoms. The number of sulfonamides is 1. The Kier molecular flexibility index (Phi) is 3.38. The molecule has 0 aliphatic carbocycles. The lowest BCUT2D eigenvalue weighted by molar-refractivity contribution is 0.341. The Morgan fingerprint density at radius 2 is 2.10 bits per heavy atom. The van der Waals surface area contributed by atoms with Gasteiger partial charge in [-0.1, -0.05) is 0 Å². The average Bonchev–Trinajstić information content (AvgIpc) is 1.80. The summed E-state index contributed by atoms with van der Waals surface area (Å²) in [5.74, 6) is 0. The number of aliphatic hydroxyl groups is 1. The van der Waals surface area contributed by atoms with Crippen molar-refractivity contribution in [2.24, 2.45) is 0 Å². The second-order valence-corrected chi connectivity index (χ2v) is 3.89. The van der Waals surface area contributed by atoms with E-state index in [0.29, 0.717) is 0 Å². The minimum atomic E-state index is -3.14. The molecule has 0 saturated carbocycles. The molecular weight excluding hydrogens is 154 g/mol. The largest absolute Gasteiger partial charge is 0.392 e. The highest BCUT2D eigenvalue weighted by Crippen LogP contribution is 1.92. The predicted molar refractivity (Wildman–Crippen MR) is 38.8 cm³/mol. The van der Waals surface area contributed by atoms with E-state index >= 15 is 0 Å². The monoisotopic (exact) mass is 165 g/mol. The van der Waals surface area contributed by atoms with Crippen LogP contribution < -0.4 is 0 Å². The fourth-order valence-corrected chi connectivity index (χ4v) is 0.613. The van der Waals surface area contributed by atoms with Gasteiger partial charge in [-0.3, -0.25) is 4.31 Å². The number of aliphatic hydroxyl groups excluding tert-OH is 1. The van der Waals surface area contributed by atoms with Gasteiger partial charge in [-0.2, -0.15) is 0 Å². The van der Waals surface area contributed by atoms with E-state index in [1.54, 1.807) is 0 Å². The van der Waals surface area contributed by atoms with Gasteiger partial charge in [0.2, 0.25) is 10.0 Å². The van der Waals surface area contributed by atoms with Crippen LogP contribution in [0.5, 0.6) is 0 Å². The van der Waals surface area contributed by atoms with Crippen molar-refractivity contribution in [1.29, 1.82) is 0 Å². The standard InChI is InChI=1S/C5H11NO3S/c1-6(4-3-5-7)10(2,8)9/h3-4,7H,5H2,1-2H3/b4-3-. The molecule has 0 aromatic rings. The van der Waals surface area contributed by atoms with Crippen LogP contribution in [0.15, 0.2) is 12.3 Å². The molecule has 0 bridgehead atoms. The van der Waals surface area contributed by atoms with Crippen LogP contribution in [0.2, 0.25) is 0 Å². The number of nitrogens with zero attached hydrogens (tertiary/aromatic N) is 1. The summed E-state index contributed by atoms with van der Waals surface area (Å²) in [6.07, 6.45) is 3.74. The summed E-state index contributed by atoms with van der Waals surface area (Å²) < 4.78 is 22.3. The Bertz CT molecular complexity index is 207. The van der Waals surface area contributed by atoms with Gasteiger partial charge in [0, 0.05) is 13.2 Å². The highest BCUT2D eigenvalue weighted by atomic mass is 32.2. The fourth-order valence-electron chi connectivity index (χ4n) is 0.306. The van der Waals surface area contributed by atoms with Crippen molar-refractivity contribution in [3.8, 4) is 0 Å². The van der Waals surface area contributed by atoms with E-state index in [2.05, 4.69) is 0 Å². The van der Waals surface area contributed by atoms with Gasteiger partial charge in [0.15, 0.2) is 0 Å². The molecule has 0 radical (unpaired) electrons. The van der Waals surface area contributed by atoms with Gasteiger partial charge >= 0.3 is 0 Å². The maximum absolute atomic E-state index is 10.6. The molecule has 0 aromatic carbocycles. The molecule has 0 heterocycles. The lowest BCUT2D eigenvalue weighted by atomic mass is 10.6. The highest BCUT2D eigenvalue weighted by molar-refractivity contribution is 7.88. The SMILES string of the molecule is CN(/C=C\CO)S(C)(=O)=O. The van der Waals surface area contributed by atoms with E-state index in [4.69, 9.17) is 5.11 Å². The van der Waals surface area contributed by atoms with E-state index < -0.39 is 10.0 Å². The van der Waals surface area contributed by atoms with Crippen molar-refractivity contribution in [3.63, 3.8) is 0 Å². The average molecular weight is 165 g/mol. The van der Waals surface area contributed by atoms with Gasteiger partial charge < -0.3 is 5.11 Å². The predicted octanol–water partition coefficient (Wildman–Crippen LogP) is -0.616. The lowest BCUT2D eigenvalue weighted by Gasteiger charge is -2.09. The second-order valence-electron chi connectivity index (χ2n) is 1.85.